The molecule has 1 aromatic rings. The van der Waals surface area contributed by atoms with Gasteiger partial charge in [0.1, 0.15) is 11.6 Å². The van der Waals surface area contributed by atoms with E-state index < -0.39 is 0 Å². The highest BCUT2D eigenvalue weighted by Gasteiger charge is 2.09. The Morgan fingerprint density at radius 3 is 2.65 bits per heavy atom. The molecule has 0 fully saturated rings. The summed E-state index contributed by atoms with van der Waals surface area (Å²) in [6.45, 7) is 4.72. The average Bonchev–Trinajstić information content (AvgIpc) is 2.28. The number of nitrogens with two attached hydrogens (primary N) is 1. The topological polar surface area (TPSA) is 35.2 Å². The van der Waals surface area contributed by atoms with Crippen molar-refractivity contribution >= 4 is 12.4 Å². The third kappa shape index (κ3) is 5.37. The van der Waals surface area contributed by atoms with Crippen LogP contribution in [0.1, 0.15) is 32.3 Å². The lowest BCUT2D eigenvalue weighted by Gasteiger charge is -2.14. The van der Waals surface area contributed by atoms with E-state index in [1.807, 2.05) is 13.8 Å². The van der Waals surface area contributed by atoms with Gasteiger partial charge in [-0.2, -0.15) is 0 Å². The molecule has 17 heavy (non-hydrogen) atoms. The summed E-state index contributed by atoms with van der Waals surface area (Å²) in [7, 11) is 0. The Morgan fingerprint density at radius 2 is 2.06 bits per heavy atom. The number of hydrogen-bond acceptors (Lipinski definition) is 2. The van der Waals surface area contributed by atoms with Gasteiger partial charge >= 0.3 is 0 Å². The minimum atomic E-state index is -0.234. The molecular formula is C13H21ClFNO. The number of hydrogen-bond donors (Lipinski definition) is 1. The molecule has 1 unspecified atom stereocenters. The summed E-state index contributed by atoms with van der Waals surface area (Å²) in [5.74, 6) is 0.523. The SMILES string of the molecule is CCCOc1ccc(F)cc1CC(N)CC.Cl. The summed E-state index contributed by atoms with van der Waals surface area (Å²) in [4.78, 5) is 0. The van der Waals surface area contributed by atoms with Crippen molar-refractivity contribution in [2.45, 2.75) is 39.2 Å². The number of benzene rings is 1. The standard InChI is InChI=1S/C13H20FNO.ClH/c1-3-7-16-13-6-5-11(14)8-10(13)9-12(15)4-2;/h5-6,8,12H,3-4,7,9,15H2,1-2H3;1H. The van der Waals surface area contributed by atoms with Gasteiger partial charge in [0.05, 0.1) is 6.61 Å². The first-order chi connectivity index (χ1) is 7.67. The van der Waals surface area contributed by atoms with Gasteiger partial charge in [-0.05, 0) is 43.0 Å². The van der Waals surface area contributed by atoms with Gasteiger partial charge in [0.15, 0.2) is 0 Å². The van der Waals surface area contributed by atoms with Gasteiger partial charge in [-0.15, -0.1) is 12.4 Å². The Balaban J connectivity index is 0.00000256. The minimum Gasteiger partial charge on any atom is -0.493 e. The summed E-state index contributed by atoms with van der Waals surface area (Å²) >= 11 is 0. The van der Waals surface area contributed by atoms with Crippen molar-refractivity contribution in [1.82, 2.24) is 0 Å². The fourth-order valence-electron chi connectivity index (χ4n) is 1.49. The van der Waals surface area contributed by atoms with Crippen LogP contribution in [-0.2, 0) is 6.42 Å². The highest BCUT2D eigenvalue weighted by atomic mass is 35.5. The van der Waals surface area contributed by atoms with E-state index in [4.69, 9.17) is 10.5 Å². The van der Waals surface area contributed by atoms with Crippen LogP contribution in [0.15, 0.2) is 18.2 Å². The van der Waals surface area contributed by atoms with Gasteiger partial charge in [0.25, 0.3) is 0 Å². The lowest BCUT2D eigenvalue weighted by Crippen LogP contribution is -2.21. The monoisotopic (exact) mass is 261 g/mol. The number of rotatable bonds is 6. The van der Waals surface area contributed by atoms with E-state index >= 15 is 0 Å². The van der Waals surface area contributed by atoms with Crippen molar-refractivity contribution in [3.63, 3.8) is 0 Å². The zero-order valence-corrected chi connectivity index (χ0v) is 11.2. The van der Waals surface area contributed by atoms with Crippen LogP contribution >= 0.6 is 12.4 Å². The van der Waals surface area contributed by atoms with E-state index in [1.165, 1.54) is 12.1 Å². The highest BCUT2D eigenvalue weighted by Crippen LogP contribution is 2.21. The quantitative estimate of drug-likeness (QED) is 0.853. The third-order valence-electron chi connectivity index (χ3n) is 2.49. The molecule has 1 aromatic carbocycles. The van der Waals surface area contributed by atoms with Gasteiger partial charge < -0.3 is 10.5 Å². The fraction of sp³-hybridized carbons (Fsp3) is 0.538. The van der Waals surface area contributed by atoms with E-state index in [1.54, 1.807) is 6.07 Å². The fourth-order valence-corrected chi connectivity index (χ4v) is 1.49. The first-order valence-corrected chi connectivity index (χ1v) is 5.84. The number of ether oxygens (including phenoxy) is 1. The Hall–Kier alpha value is -0.800. The van der Waals surface area contributed by atoms with Crippen molar-refractivity contribution in [1.29, 1.82) is 0 Å². The zero-order chi connectivity index (χ0) is 12.0. The van der Waals surface area contributed by atoms with Crippen LogP contribution in [0.25, 0.3) is 0 Å². The molecule has 0 heterocycles. The maximum Gasteiger partial charge on any atom is 0.123 e. The van der Waals surface area contributed by atoms with Gasteiger partial charge in [0.2, 0.25) is 0 Å². The lowest BCUT2D eigenvalue weighted by molar-refractivity contribution is 0.312. The van der Waals surface area contributed by atoms with Crippen LogP contribution in [0.2, 0.25) is 0 Å². The van der Waals surface area contributed by atoms with E-state index in [9.17, 15) is 4.39 Å². The van der Waals surface area contributed by atoms with E-state index in [0.29, 0.717) is 13.0 Å². The molecule has 1 rings (SSSR count). The van der Waals surface area contributed by atoms with Crippen LogP contribution in [-0.4, -0.2) is 12.6 Å². The summed E-state index contributed by atoms with van der Waals surface area (Å²) in [6, 6.07) is 4.68. The van der Waals surface area contributed by atoms with Crippen molar-refractivity contribution < 1.29 is 9.13 Å². The molecule has 0 aliphatic heterocycles. The molecule has 0 saturated heterocycles. The Labute approximate surface area is 109 Å². The lowest BCUT2D eigenvalue weighted by atomic mass is 10.0. The molecule has 0 aliphatic carbocycles. The summed E-state index contributed by atoms with van der Waals surface area (Å²) in [6.07, 6.45) is 2.48. The van der Waals surface area contributed by atoms with Gasteiger partial charge in [-0.3, -0.25) is 0 Å². The Morgan fingerprint density at radius 1 is 1.35 bits per heavy atom. The average molecular weight is 262 g/mol. The second kappa shape index (κ2) is 8.31. The molecular weight excluding hydrogens is 241 g/mol. The molecule has 0 saturated carbocycles. The first-order valence-electron chi connectivity index (χ1n) is 5.84. The predicted octanol–water partition coefficient (Wildman–Crippen LogP) is 3.32. The number of halogens is 2. The molecule has 1 atom stereocenters. The molecule has 0 radical (unpaired) electrons. The molecule has 0 bridgehead atoms. The van der Waals surface area contributed by atoms with Crippen molar-refractivity contribution in [3.05, 3.63) is 29.6 Å². The van der Waals surface area contributed by atoms with Crippen LogP contribution < -0.4 is 10.5 Å². The second-order valence-electron chi connectivity index (χ2n) is 3.97. The van der Waals surface area contributed by atoms with Crippen molar-refractivity contribution in [2.24, 2.45) is 5.73 Å². The highest BCUT2D eigenvalue weighted by molar-refractivity contribution is 5.85. The minimum absolute atomic E-state index is 0. The summed E-state index contributed by atoms with van der Waals surface area (Å²) < 4.78 is 18.7. The smallest absolute Gasteiger partial charge is 0.123 e. The van der Waals surface area contributed by atoms with E-state index in [0.717, 1.165) is 24.2 Å². The summed E-state index contributed by atoms with van der Waals surface area (Å²) in [5.41, 5.74) is 6.74. The molecule has 0 aliphatic rings. The van der Waals surface area contributed by atoms with Crippen LogP contribution in [0, 0.1) is 5.82 Å². The third-order valence-corrected chi connectivity index (χ3v) is 2.49. The van der Waals surface area contributed by atoms with Gasteiger partial charge in [0, 0.05) is 6.04 Å². The molecule has 0 aromatic heterocycles. The Bertz CT molecular complexity index is 333. The maximum absolute atomic E-state index is 13.1. The predicted molar refractivity (Wildman–Crippen MR) is 71.4 cm³/mol. The molecule has 2 N–H and O–H groups in total. The Kier molecular flexibility index (Phi) is 7.92. The zero-order valence-electron chi connectivity index (χ0n) is 10.4. The van der Waals surface area contributed by atoms with Crippen LogP contribution in [0.5, 0.6) is 5.75 Å². The van der Waals surface area contributed by atoms with E-state index in [-0.39, 0.29) is 24.3 Å². The molecule has 4 heteroatoms. The van der Waals surface area contributed by atoms with Crippen LogP contribution in [0.4, 0.5) is 4.39 Å². The molecule has 0 spiro atoms. The molecule has 98 valence electrons. The maximum atomic E-state index is 13.1. The van der Waals surface area contributed by atoms with Gasteiger partial charge in [-0.1, -0.05) is 13.8 Å². The first kappa shape index (κ1) is 16.2. The summed E-state index contributed by atoms with van der Waals surface area (Å²) in [5, 5.41) is 0. The molecule has 2 nitrogen and oxygen atoms in total. The van der Waals surface area contributed by atoms with Crippen molar-refractivity contribution in [2.75, 3.05) is 6.61 Å². The van der Waals surface area contributed by atoms with Crippen LogP contribution in [0.3, 0.4) is 0 Å². The second-order valence-corrected chi connectivity index (χ2v) is 3.97. The van der Waals surface area contributed by atoms with Gasteiger partial charge in [-0.25, -0.2) is 4.39 Å². The largest absolute Gasteiger partial charge is 0.493 e. The van der Waals surface area contributed by atoms with E-state index in [2.05, 4.69) is 0 Å². The normalized spacial score (nSPS) is 11.8. The van der Waals surface area contributed by atoms with Crippen molar-refractivity contribution in [3.8, 4) is 5.75 Å². The molecule has 0 amide bonds.